The maximum Gasteiger partial charge on any atom is 0.339 e. The summed E-state index contributed by atoms with van der Waals surface area (Å²) in [5.41, 5.74) is 16.5. The number of hydrogen-bond acceptors (Lipinski definition) is 14. The van der Waals surface area contributed by atoms with Crippen LogP contribution in [0.25, 0.3) is 0 Å². The first kappa shape index (κ1) is 99.8. The second kappa shape index (κ2) is 33.0. The standard InChI is InChI=1S/C14H20N2O2.C13H18N2O2.C13H17NO3.C13H19NO.C13H16O4.C13H18O2.C10H16O2.CH4.2Ar/c1-13(2)6-9-10(11(17)14(13,3)4)8(12(15)18)7-16(9)5;1-12(2)5-8-9(10(16)13(12,3)4)7(6-15-8)11(14)17;1-12(2)5-8-9(10(15)13(12,3)4)7(6-14-8)11(16)17;1-8-7-14-9-6-12(2,3)13(4,5)11(15)10(8)9;1-12(2)5-8-9(10(14)13(12,3)4)7(6-17-8)11(15)16;1-8-7-15-9-6-12(2,3)13(4,5)11(14)10(8)9;1-9(2)6-7(11)5-8(12)10(9,3)4;;;/h7H,6H2,1-5H3,(H2,15,18);6,15H,5H2,1-4H3,(H2,14,17);6,14H,5H2,1-4H3,(H,16,17);7,14H,6H2,1-5H3;6H,5H2,1-4H3,(H,15,16);7H,6H2,1-5H3;5-6H2,1-4H3;1H4;;. The second-order valence-electron chi connectivity index (χ2n) is 40.3. The first-order valence-corrected chi connectivity index (χ1v) is 38.3. The number of primary amides is 2. The van der Waals surface area contributed by atoms with E-state index in [1.54, 1.807) is 18.7 Å². The van der Waals surface area contributed by atoms with Crippen molar-refractivity contribution < 1.29 is 152 Å². The third-order valence-electron chi connectivity index (χ3n) is 29.3. The minimum atomic E-state index is -1.11. The van der Waals surface area contributed by atoms with Crippen LogP contribution in [-0.4, -0.2) is 99.8 Å². The van der Waals surface area contributed by atoms with Gasteiger partial charge in [-0.25, -0.2) is 9.59 Å². The van der Waals surface area contributed by atoms with Gasteiger partial charge < -0.3 is 50.0 Å². The van der Waals surface area contributed by atoms with Gasteiger partial charge in [-0.3, -0.25) is 47.9 Å². The van der Waals surface area contributed by atoms with Gasteiger partial charge in [0.25, 0.3) is 11.8 Å². The number of amides is 2. The molecule has 7 aliphatic rings. The summed E-state index contributed by atoms with van der Waals surface area (Å²) in [4.78, 5) is 152. The van der Waals surface area contributed by atoms with Crippen molar-refractivity contribution in [3.8, 4) is 0 Å². The van der Waals surface area contributed by atoms with Crippen LogP contribution in [0.3, 0.4) is 0 Å². The van der Waals surface area contributed by atoms with Gasteiger partial charge in [-0.2, -0.15) is 0 Å². The van der Waals surface area contributed by atoms with Crippen LogP contribution < -0.4 is 11.5 Å². The third kappa shape index (κ3) is 17.2. The monoisotopic (exact) mass is 1630 g/mol. The Balaban J connectivity index is 0.000000280. The van der Waals surface area contributed by atoms with E-state index >= 15 is 0 Å². The van der Waals surface area contributed by atoms with Crippen LogP contribution in [0.5, 0.6) is 0 Å². The van der Waals surface area contributed by atoms with E-state index in [9.17, 15) is 57.5 Å². The number of aromatic amines is 3. The number of aryl methyl sites for hydroxylation is 3. The van der Waals surface area contributed by atoms with E-state index in [0.29, 0.717) is 52.8 Å². The summed E-state index contributed by atoms with van der Waals surface area (Å²) in [6.07, 6.45) is 14.7. The van der Waals surface area contributed by atoms with Crippen molar-refractivity contribution >= 4 is 70.0 Å². The molecule has 22 nitrogen and oxygen atoms in total. The zero-order valence-electron chi connectivity index (χ0n) is 72.5. The third-order valence-corrected chi connectivity index (χ3v) is 29.3. The van der Waals surface area contributed by atoms with Gasteiger partial charge in [0, 0.05) is 193 Å². The average molecular weight is 1630 g/mol. The Hall–Kier alpha value is -6.56. The minimum Gasteiger partial charge on any atom is -0.478 e. The fraction of sp³-hybridized carbons (Fsp3) is 0.600. The predicted octanol–water partition coefficient (Wildman–Crippen LogP) is 18.2. The number of aromatic carboxylic acids is 2. The summed E-state index contributed by atoms with van der Waals surface area (Å²) in [6.45, 7) is 60.2. The number of carboxylic acid groups (broad SMARTS) is 2. The van der Waals surface area contributed by atoms with E-state index in [1.165, 1.54) is 12.5 Å². The number of H-pyrrole nitrogens is 3. The Morgan fingerprint density at radius 3 is 1.07 bits per heavy atom. The number of nitrogens with one attached hydrogen (secondary N) is 3. The SMILES string of the molecule is C.CC1(C)CC(=O)CC(=O)C1(C)C.CC1(C)Cc2[nH]cc(C(=O)O)c2C(=O)C1(C)C.CC1(C)Cc2[nH]cc(C(N)=O)c2C(=O)C1(C)C.CC1(C)Cc2occ(C(=O)O)c2C(=O)C1(C)C.Cc1c[nH]c2c1C(=O)C(C)(C)C(C)(C)C2.Cc1coc2c1C(=O)C(C)(C)C(C)(C)C2.Cn1cc(C(N)=O)c2c1CC(C)(C)C(C)(C)C2=O.[Ar].[Ar]. The largest absolute Gasteiger partial charge is 0.478 e. The summed E-state index contributed by atoms with van der Waals surface area (Å²) in [7, 11) is 1.85. The quantitative estimate of drug-likeness (QED) is 0.0806. The molecule has 0 radical (unpaired) electrons. The molecule has 2 amide bonds. The molecular formula is C90H128Ar2N6O16. The average Bonchev–Trinajstić information content (AvgIpc) is 1.53. The molecule has 1 saturated carbocycles. The van der Waals surface area contributed by atoms with E-state index in [0.717, 1.165) is 76.5 Å². The molecule has 0 aliphatic heterocycles. The number of hydrogen-bond donors (Lipinski definition) is 7. The van der Waals surface area contributed by atoms with Crippen molar-refractivity contribution in [2.45, 2.75) is 267 Å². The number of carbonyl (C=O) groups excluding carboxylic acids is 10. The molecule has 24 heteroatoms. The number of rotatable bonds is 4. The molecule has 0 bridgehead atoms. The van der Waals surface area contributed by atoms with Crippen LogP contribution >= 0.6 is 0 Å². The summed E-state index contributed by atoms with van der Waals surface area (Å²) >= 11 is 0. The minimum absolute atomic E-state index is 0. The maximum atomic E-state index is 12.7. The zero-order chi connectivity index (χ0) is 85.3. The van der Waals surface area contributed by atoms with Crippen LogP contribution in [0.4, 0.5) is 0 Å². The Morgan fingerprint density at radius 1 is 0.368 bits per heavy atom. The number of Topliss-reactive ketones (excluding diaryl/α,β-unsaturated/α-hetero) is 8. The summed E-state index contributed by atoms with van der Waals surface area (Å²) in [6, 6.07) is 0. The molecule has 0 saturated heterocycles. The van der Waals surface area contributed by atoms with E-state index in [1.807, 2.05) is 156 Å². The number of nitrogens with zero attached hydrogens (tertiary/aromatic N) is 1. The first-order chi connectivity index (χ1) is 50.0. The van der Waals surface area contributed by atoms with Crippen molar-refractivity contribution in [2.75, 3.05) is 0 Å². The van der Waals surface area contributed by atoms with Crippen LogP contribution in [0.1, 0.15) is 363 Å². The normalized spacial score (nSPS) is 21.5. The molecule has 13 rings (SSSR count). The molecule has 0 spiro atoms. The molecule has 0 unspecified atom stereocenters. The number of ketones is 8. The van der Waals surface area contributed by atoms with E-state index in [4.69, 9.17) is 30.5 Å². The van der Waals surface area contributed by atoms with Crippen molar-refractivity contribution in [1.82, 2.24) is 19.5 Å². The van der Waals surface area contributed by atoms with Crippen molar-refractivity contribution in [3.63, 3.8) is 0 Å². The van der Waals surface area contributed by atoms with Crippen LogP contribution in [0.2, 0.25) is 0 Å². The Labute approximate surface area is 734 Å². The van der Waals surface area contributed by atoms with Crippen molar-refractivity contribution in [2.24, 2.45) is 94.3 Å². The van der Waals surface area contributed by atoms with Crippen molar-refractivity contribution in [1.29, 1.82) is 0 Å². The van der Waals surface area contributed by atoms with E-state index in [-0.39, 0.29) is 206 Å². The predicted molar refractivity (Wildman–Crippen MR) is 433 cm³/mol. The van der Waals surface area contributed by atoms with Crippen LogP contribution in [0, 0.1) is 165 Å². The molecule has 6 heterocycles. The summed E-state index contributed by atoms with van der Waals surface area (Å²) in [5, 5.41) is 18.1. The van der Waals surface area contributed by atoms with Gasteiger partial charge >= 0.3 is 11.9 Å². The Morgan fingerprint density at radius 2 is 0.675 bits per heavy atom. The van der Waals surface area contributed by atoms with Gasteiger partial charge in [-0.1, -0.05) is 201 Å². The van der Waals surface area contributed by atoms with Crippen LogP contribution in [-0.2, 0) is 55.2 Å². The summed E-state index contributed by atoms with van der Waals surface area (Å²) in [5.74, 6) is -1.41. The molecule has 6 aromatic heterocycles. The molecule has 6 aromatic rings. The molecule has 0 atom stereocenters. The number of carbonyl (C=O) groups is 12. The fourth-order valence-corrected chi connectivity index (χ4v) is 15.5. The molecule has 1 fully saturated rings. The number of furan rings is 2. The van der Waals surface area contributed by atoms with Crippen LogP contribution in [0.15, 0.2) is 46.1 Å². The number of carboxylic acids is 2. The topological polar surface area (TPSA) is 376 Å². The van der Waals surface area contributed by atoms with E-state index in [2.05, 4.69) is 84.2 Å². The first-order valence-electron chi connectivity index (χ1n) is 38.3. The molecule has 630 valence electrons. The van der Waals surface area contributed by atoms with Gasteiger partial charge in [-0.15, -0.1) is 0 Å². The second-order valence-corrected chi connectivity index (χ2v) is 40.3. The smallest absolute Gasteiger partial charge is 0.339 e. The molecule has 114 heavy (non-hydrogen) atoms. The Kier molecular flexibility index (Phi) is 28.9. The van der Waals surface area contributed by atoms with E-state index < -0.39 is 45.4 Å². The Bertz CT molecular complexity index is 4540. The van der Waals surface area contributed by atoms with Gasteiger partial charge in [0.05, 0.1) is 57.2 Å². The maximum absolute atomic E-state index is 12.7. The van der Waals surface area contributed by atoms with Gasteiger partial charge in [0.15, 0.2) is 34.7 Å². The van der Waals surface area contributed by atoms with Crippen molar-refractivity contribution in [3.05, 3.63) is 138 Å². The molecule has 7 aliphatic carbocycles. The molecule has 9 N–H and O–H groups in total. The van der Waals surface area contributed by atoms with Gasteiger partial charge in [0.1, 0.15) is 34.9 Å². The number of aromatic nitrogens is 4. The fourth-order valence-electron chi connectivity index (χ4n) is 15.5. The number of nitrogens with two attached hydrogens (primary N) is 2. The number of fused-ring (bicyclic) bond motifs is 6. The molecular weight excluding hydrogens is 1500 g/mol. The zero-order valence-corrected chi connectivity index (χ0v) is 74.0. The van der Waals surface area contributed by atoms with Gasteiger partial charge in [-0.05, 0) is 88.6 Å². The summed E-state index contributed by atoms with van der Waals surface area (Å²) < 4.78 is 12.6. The van der Waals surface area contributed by atoms with Gasteiger partial charge in [0.2, 0.25) is 0 Å². The molecule has 0 aromatic carbocycles.